The Kier molecular flexibility index (Phi) is 6.03. The van der Waals surface area contributed by atoms with Gasteiger partial charge in [-0.25, -0.2) is 0 Å². The molecule has 0 aromatic heterocycles. The van der Waals surface area contributed by atoms with Crippen LogP contribution in [0.15, 0.2) is 24.3 Å². The van der Waals surface area contributed by atoms with E-state index in [1.54, 1.807) is 0 Å². The van der Waals surface area contributed by atoms with Crippen LogP contribution in [0.1, 0.15) is 12.0 Å². The first-order valence-corrected chi connectivity index (χ1v) is 7.48. The molecular weight excluding hydrogens is 248 g/mol. The maximum absolute atomic E-state index is 5.79. The highest BCUT2D eigenvalue weighted by atomic mass is 16.5. The minimum absolute atomic E-state index is 0.799. The van der Waals surface area contributed by atoms with E-state index in [9.17, 15) is 0 Å². The molecule has 0 bridgehead atoms. The van der Waals surface area contributed by atoms with Gasteiger partial charge in [-0.1, -0.05) is 12.1 Å². The molecule has 1 rings (SSSR count). The van der Waals surface area contributed by atoms with Gasteiger partial charge in [0.05, 0.1) is 62.0 Å². The van der Waals surface area contributed by atoms with E-state index < -0.39 is 0 Å². The summed E-state index contributed by atoms with van der Waals surface area (Å²) in [6, 6.07) is 8.56. The molecule has 0 radical (unpaired) electrons. The first-order chi connectivity index (χ1) is 9.16. The van der Waals surface area contributed by atoms with Crippen LogP contribution in [0.5, 0.6) is 5.75 Å². The fourth-order valence-corrected chi connectivity index (χ4v) is 1.95. The van der Waals surface area contributed by atoms with Gasteiger partial charge in [-0.05, 0) is 17.7 Å². The Labute approximate surface area is 124 Å². The van der Waals surface area contributed by atoms with Gasteiger partial charge in [0.15, 0.2) is 0 Å². The van der Waals surface area contributed by atoms with Crippen LogP contribution in [0.2, 0.25) is 0 Å². The Bertz CT molecular complexity index is 385. The fraction of sp³-hybridized carbons (Fsp3) is 0.647. The highest BCUT2D eigenvalue weighted by molar-refractivity contribution is 5.27. The van der Waals surface area contributed by atoms with Crippen molar-refractivity contribution in [3.8, 4) is 5.75 Å². The number of hydrogen-bond donors (Lipinski definition) is 0. The van der Waals surface area contributed by atoms with Crippen LogP contribution in [0, 0.1) is 0 Å². The molecule has 1 aromatic carbocycles. The molecule has 1 aromatic rings. The predicted octanol–water partition coefficient (Wildman–Crippen LogP) is 2.41. The largest absolute Gasteiger partial charge is 0.493 e. The van der Waals surface area contributed by atoms with E-state index in [0.29, 0.717) is 0 Å². The van der Waals surface area contributed by atoms with Gasteiger partial charge in [-0.3, -0.25) is 0 Å². The molecule has 0 fully saturated rings. The molecule has 0 amide bonds. The Balaban J connectivity index is 2.32. The smallest absolute Gasteiger partial charge is 0.119 e. The van der Waals surface area contributed by atoms with Crippen molar-refractivity contribution in [1.29, 1.82) is 0 Å². The third-order valence-electron chi connectivity index (χ3n) is 3.24. The molecule has 0 saturated heterocycles. The van der Waals surface area contributed by atoms with Crippen molar-refractivity contribution in [3.63, 3.8) is 0 Å². The maximum atomic E-state index is 5.79. The topological polar surface area (TPSA) is 9.23 Å². The molecule has 0 aliphatic rings. The summed E-state index contributed by atoms with van der Waals surface area (Å²) in [6.07, 6.45) is 2.21. The van der Waals surface area contributed by atoms with Gasteiger partial charge in [-0.2, -0.15) is 0 Å². The third-order valence-corrected chi connectivity index (χ3v) is 3.24. The number of ether oxygens (including phenoxy) is 1. The Morgan fingerprint density at radius 1 is 0.800 bits per heavy atom. The Morgan fingerprint density at radius 2 is 1.35 bits per heavy atom. The number of rotatable bonds is 8. The molecule has 114 valence electrons. The van der Waals surface area contributed by atoms with Crippen molar-refractivity contribution in [2.24, 2.45) is 0 Å². The molecule has 3 nitrogen and oxygen atoms in total. The van der Waals surface area contributed by atoms with E-state index in [4.69, 9.17) is 4.74 Å². The zero-order chi connectivity index (χ0) is 15.2. The predicted molar refractivity (Wildman–Crippen MR) is 86.1 cm³/mol. The van der Waals surface area contributed by atoms with Gasteiger partial charge in [0.25, 0.3) is 0 Å². The van der Waals surface area contributed by atoms with Crippen LogP contribution in [-0.4, -0.2) is 70.9 Å². The molecule has 0 aliphatic carbocycles. The van der Waals surface area contributed by atoms with Gasteiger partial charge >= 0.3 is 0 Å². The average molecular weight is 280 g/mol. The molecule has 0 N–H and O–H groups in total. The minimum Gasteiger partial charge on any atom is -0.493 e. The second-order valence-corrected chi connectivity index (χ2v) is 7.62. The fourth-order valence-electron chi connectivity index (χ4n) is 1.95. The van der Waals surface area contributed by atoms with Gasteiger partial charge in [0.2, 0.25) is 0 Å². The Morgan fingerprint density at radius 3 is 1.85 bits per heavy atom. The molecule has 3 heteroatoms. The van der Waals surface area contributed by atoms with E-state index >= 15 is 0 Å². The molecule has 20 heavy (non-hydrogen) atoms. The van der Waals surface area contributed by atoms with Gasteiger partial charge in [0, 0.05) is 12.8 Å². The zero-order valence-corrected chi connectivity index (χ0v) is 14.1. The zero-order valence-electron chi connectivity index (χ0n) is 14.1. The molecule has 0 atom stereocenters. The normalized spacial score (nSPS) is 12.5. The van der Waals surface area contributed by atoms with Crippen LogP contribution in [0.4, 0.5) is 0 Å². The van der Waals surface area contributed by atoms with Crippen LogP contribution in [-0.2, 0) is 6.42 Å². The van der Waals surface area contributed by atoms with Gasteiger partial charge in [-0.15, -0.1) is 0 Å². The van der Waals surface area contributed by atoms with Crippen molar-refractivity contribution >= 4 is 0 Å². The quantitative estimate of drug-likeness (QED) is 0.525. The van der Waals surface area contributed by atoms with Crippen molar-refractivity contribution < 1.29 is 13.7 Å². The van der Waals surface area contributed by atoms with E-state index in [2.05, 4.69) is 66.6 Å². The van der Waals surface area contributed by atoms with Crippen LogP contribution >= 0.6 is 0 Å². The van der Waals surface area contributed by atoms with E-state index in [1.807, 2.05) is 0 Å². The van der Waals surface area contributed by atoms with Crippen LogP contribution in [0.3, 0.4) is 0 Å². The van der Waals surface area contributed by atoms with Crippen molar-refractivity contribution in [1.82, 2.24) is 0 Å². The molecule has 0 spiro atoms. The molecule has 0 aliphatic heterocycles. The first kappa shape index (κ1) is 17.0. The molecule has 0 saturated carbocycles. The summed E-state index contributed by atoms with van der Waals surface area (Å²) in [7, 11) is 13.3. The number of likely N-dealkylation sites (N-methyl/N-ethyl adjacent to an activating group) is 1. The monoisotopic (exact) mass is 280 g/mol. The molecule has 0 unspecified atom stereocenters. The van der Waals surface area contributed by atoms with Crippen LogP contribution < -0.4 is 4.74 Å². The lowest BCUT2D eigenvalue weighted by molar-refractivity contribution is -0.870. The number of benzene rings is 1. The van der Waals surface area contributed by atoms with Crippen molar-refractivity contribution in [3.05, 3.63) is 29.8 Å². The standard InChI is InChI=1S/C17H32N2O/c1-18(2,3)13-7-15-20-17-10-8-16(9-11-17)12-14-19(4,5)6/h8-11H,7,12-15H2,1-6H3/q+2. The first-order valence-electron chi connectivity index (χ1n) is 7.48. The number of nitrogens with zero attached hydrogens (tertiary/aromatic N) is 2. The number of quaternary nitrogens is 2. The lowest BCUT2D eigenvalue weighted by Crippen LogP contribution is -2.36. The minimum atomic E-state index is 0.799. The van der Waals surface area contributed by atoms with E-state index in [-0.39, 0.29) is 0 Å². The molecular formula is C17H32N2O+2. The van der Waals surface area contributed by atoms with E-state index in [1.165, 1.54) is 5.56 Å². The van der Waals surface area contributed by atoms with Crippen molar-refractivity contribution in [2.75, 3.05) is 62.0 Å². The second-order valence-electron chi connectivity index (χ2n) is 7.62. The average Bonchev–Trinajstić information content (AvgIpc) is 2.31. The summed E-state index contributed by atoms with van der Waals surface area (Å²) in [5.74, 6) is 0.986. The summed E-state index contributed by atoms with van der Waals surface area (Å²) in [5, 5.41) is 0. The van der Waals surface area contributed by atoms with Crippen molar-refractivity contribution in [2.45, 2.75) is 12.8 Å². The second kappa shape index (κ2) is 7.09. The summed E-state index contributed by atoms with van der Waals surface area (Å²) < 4.78 is 7.78. The summed E-state index contributed by atoms with van der Waals surface area (Å²) in [4.78, 5) is 0. The van der Waals surface area contributed by atoms with Gasteiger partial charge < -0.3 is 13.7 Å². The molecule has 0 heterocycles. The maximum Gasteiger partial charge on any atom is 0.119 e. The van der Waals surface area contributed by atoms with Gasteiger partial charge in [0.1, 0.15) is 5.75 Å². The third kappa shape index (κ3) is 8.18. The summed E-state index contributed by atoms with van der Waals surface area (Å²) in [5.41, 5.74) is 1.39. The highest BCUT2D eigenvalue weighted by Gasteiger charge is 2.08. The number of hydrogen-bond acceptors (Lipinski definition) is 1. The lowest BCUT2D eigenvalue weighted by atomic mass is 10.1. The highest BCUT2D eigenvalue weighted by Crippen LogP contribution is 2.13. The van der Waals surface area contributed by atoms with Crippen LogP contribution in [0.25, 0.3) is 0 Å². The summed E-state index contributed by atoms with van der Waals surface area (Å²) in [6.45, 7) is 3.10. The lowest BCUT2D eigenvalue weighted by Gasteiger charge is -2.24. The van der Waals surface area contributed by atoms with E-state index in [0.717, 1.165) is 47.3 Å². The SMILES string of the molecule is C[N+](C)(C)CCCOc1ccc(CC[N+](C)(C)C)cc1. The summed E-state index contributed by atoms with van der Waals surface area (Å²) >= 11 is 0. The Hall–Kier alpha value is -1.06.